The fourth-order valence-electron chi connectivity index (χ4n) is 2.61. The van der Waals surface area contributed by atoms with E-state index in [9.17, 15) is 0 Å². The van der Waals surface area contributed by atoms with Crippen LogP contribution in [0.5, 0.6) is 0 Å². The van der Waals surface area contributed by atoms with E-state index in [1.54, 1.807) is 11.1 Å². The fraction of sp³-hybridized carbons (Fsp3) is 0.800. The maximum atomic E-state index is 2.40. The van der Waals surface area contributed by atoms with Gasteiger partial charge in [0.25, 0.3) is 0 Å². The van der Waals surface area contributed by atoms with Crippen LogP contribution in [-0.4, -0.2) is 0 Å². The minimum Gasteiger partial charge on any atom is -0.0735 e. The Morgan fingerprint density at radius 1 is 1.36 bits per heavy atom. The Morgan fingerprint density at radius 2 is 2.00 bits per heavy atom. The molecule has 1 saturated carbocycles. The number of hydrogen-bond donors (Lipinski definition) is 0. The molecule has 0 aliphatic heterocycles. The van der Waals surface area contributed by atoms with Gasteiger partial charge in [-0.15, -0.1) is 0 Å². The first kappa shape index (κ1) is 9.57. The van der Waals surface area contributed by atoms with Crippen molar-refractivity contribution in [1.82, 2.24) is 0 Å². The molecule has 0 N–H and O–H groups in total. The van der Waals surface area contributed by atoms with Crippen LogP contribution in [0.1, 0.15) is 40.0 Å². The second-order valence-electron chi connectivity index (χ2n) is 4.42. The summed E-state index contributed by atoms with van der Waals surface area (Å²) in [6, 6.07) is 0. The first-order valence-electron chi connectivity index (χ1n) is 4.31. The molecule has 0 aromatic carbocycles. The van der Waals surface area contributed by atoms with Crippen molar-refractivity contribution in [2.45, 2.75) is 40.0 Å². The van der Waals surface area contributed by atoms with E-state index in [1.807, 2.05) is 0 Å². The molecule has 3 aliphatic carbocycles. The van der Waals surface area contributed by atoms with Crippen LogP contribution in [0.2, 0.25) is 0 Å². The molecule has 3 aliphatic rings. The monoisotopic (exact) mass is 229 g/mol. The van der Waals surface area contributed by atoms with Gasteiger partial charge in [0.05, 0.1) is 0 Å². The minimum absolute atomic E-state index is 0. The summed E-state index contributed by atoms with van der Waals surface area (Å²) in [5, 5.41) is 0. The largest absolute Gasteiger partial charge is 0.0735 e. The van der Waals surface area contributed by atoms with Crippen molar-refractivity contribution in [1.29, 1.82) is 0 Å². The minimum atomic E-state index is 0. The predicted octanol–water partition coefficient (Wildman–Crippen LogP) is 3.14. The molecule has 2 bridgehead atoms. The molecule has 61 valence electrons. The molecule has 1 fully saturated rings. The van der Waals surface area contributed by atoms with Crippen molar-refractivity contribution in [2.24, 2.45) is 11.3 Å². The van der Waals surface area contributed by atoms with Crippen LogP contribution in [-0.2, 0) is 22.4 Å². The zero-order valence-corrected chi connectivity index (χ0v) is 9.84. The topological polar surface area (TPSA) is 0 Å². The molecule has 1 unspecified atom stereocenters. The smallest absolute Gasteiger partial charge is 0 e. The van der Waals surface area contributed by atoms with Crippen LogP contribution in [0.25, 0.3) is 0 Å². The summed E-state index contributed by atoms with van der Waals surface area (Å²) in [6.07, 6.45) is 4.24. The molecule has 11 heavy (non-hydrogen) atoms. The Bertz CT molecular complexity index is 201. The van der Waals surface area contributed by atoms with Crippen LogP contribution in [0, 0.1) is 11.3 Å². The van der Waals surface area contributed by atoms with Crippen LogP contribution in [0.4, 0.5) is 0 Å². The van der Waals surface area contributed by atoms with Gasteiger partial charge in [-0.3, -0.25) is 0 Å². The quantitative estimate of drug-likeness (QED) is 0.442. The molecule has 1 atom stereocenters. The van der Waals surface area contributed by atoms with Crippen molar-refractivity contribution in [3.8, 4) is 0 Å². The zero-order chi connectivity index (χ0) is 7.35. The molecule has 3 rings (SSSR count). The first-order chi connectivity index (χ1) is 4.62. The molecular formula is C10H16Nb. The summed E-state index contributed by atoms with van der Waals surface area (Å²) in [5.74, 6) is 1.02. The SMILES string of the molecule is CC1=C2CC(CC1)C2(C)C.[Nb]. The molecule has 0 saturated heterocycles. The molecule has 1 radical (unpaired) electrons. The summed E-state index contributed by atoms with van der Waals surface area (Å²) in [7, 11) is 0. The fourth-order valence-corrected chi connectivity index (χ4v) is 2.61. The summed E-state index contributed by atoms with van der Waals surface area (Å²) in [6.45, 7) is 7.12. The molecule has 0 nitrogen and oxygen atoms in total. The van der Waals surface area contributed by atoms with Crippen molar-refractivity contribution >= 4 is 0 Å². The zero-order valence-electron chi connectivity index (χ0n) is 7.65. The van der Waals surface area contributed by atoms with Crippen molar-refractivity contribution in [3.05, 3.63) is 11.1 Å². The molecule has 0 heterocycles. The molecule has 0 aromatic heterocycles. The van der Waals surface area contributed by atoms with E-state index in [4.69, 9.17) is 0 Å². The van der Waals surface area contributed by atoms with Crippen LogP contribution < -0.4 is 0 Å². The van der Waals surface area contributed by atoms with Gasteiger partial charge >= 0.3 is 0 Å². The van der Waals surface area contributed by atoms with E-state index >= 15 is 0 Å². The van der Waals surface area contributed by atoms with Gasteiger partial charge in [0.15, 0.2) is 0 Å². The molecule has 0 spiro atoms. The van der Waals surface area contributed by atoms with E-state index < -0.39 is 0 Å². The van der Waals surface area contributed by atoms with Crippen molar-refractivity contribution in [2.75, 3.05) is 0 Å². The number of allylic oxidation sites excluding steroid dienone is 2. The molecular weight excluding hydrogens is 213 g/mol. The Morgan fingerprint density at radius 3 is 2.27 bits per heavy atom. The van der Waals surface area contributed by atoms with Gasteiger partial charge in [-0.25, -0.2) is 0 Å². The Hall–Kier alpha value is 0.480. The number of rotatable bonds is 0. The van der Waals surface area contributed by atoms with E-state index in [2.05, 4.69) is 20.8 Å². The van der Waals surface area contributed by atoms with E-state index in [1.165, 1.54) is 19.3 Å². The second kappa shape index (κ2) is 2.76. The van der Waals surface area contributed by atoms with Gasteiger partial charge in [-0.05, 0) is 37.5 Å². The normalized spacial score (nSPS) is 32.5. The maximum Gasteiger partial charge on any atom is 0 e. The Balaban J connectivity index is 0.000000605. The summed E-state index contributed by atoms with van der Waals surface area (Å²) < 4.78 is 0. The van der Waals surface area contributed by atoms with E-state index in [-0.39, 0.29) is 22.4 Å². The van der Waals surface area contributed by atoms with E-state index in [0.29, 0.717) is 5.41 Å². The summed E-state index contributed by atoms with van der Waals surface area (Å²) in [4.78, 5) is 0. The Labute approximate surface area is 85.0 Å². The van der Waals surface area contributed by atoms with Gasteiger partial charge in [0.2, 0.25) is 0 Å². The van der Waals surface area contributed by atoms with Gasteiger partial charge < -0.3 is 0 Å². The van der Waals surface area contributed by atoms with E-state index in [0.717, 1.165) is 5.92 Å². The third-order valence-corrected chi connectivity index (χ3v) is 3.63. The number of hydrogen-bond acceptors (Lipinski definition) is 0. The van der Waals surface area contributed by atoms with Gasteiger partial charge in [-0.2, -0.15) is 0 Å². The van der Waals surface area contributed by atoms with Crippen LogP contribution in [0.3, 0.4) is 0 Å². The Kier molecular flexibility index (Phi) is 2.40. The maximum absolute atomic E-state index is 2.40. The first-order valence-corrected chi connectivity index (χ1v) is 4.31. The predicted molar refractivity (Wildman–Crippen MR) is 43.8 cm³/mol. The van der Waals surface area contributed by atoms with Gasteiger partial charge in [0.1, 0.15) is 0 Å². The average Bonchev–Trinajstić information content (AvgIpc) is 1.87. The second-order valence-corrected chi connectivity index (χ2v) is 4.42. The standard InChI is InChI=1S/C10H16.Nb/c1-7-4-5-8-6-9(7)10(8,2)3;/h8H,4-6H2,1-3H3;. The molecule has 1 heteroatoms. The molecule has 0 amide bonds. The summed E-state index contributed by atoms with van der Waals surface area (Å²) >= 11 is 0. The number of fused-ring (bicyclic) bond motifs is 2. The third kappa shape index (κ3) is 1.16. The molecule has 0 aromatic rings. The van der Waals surface area contributed by atoms with Crippen LogP contribution >= 0.6 is 0 Å². The van der Waals surface area contributed by atoms with Gasteiger partial charge in [-0.1, -0.05) is 25.0 Å². The van der Waals surface area contributed by atoms with Crippen molar-refractivity contribution < 1.29 is 22.4 Å². The van der Waals surface area contributed by atoms with Crippen molar-refractivity contribution in [3.63, 3.8) is 0 Å². The van der Waals surface area contributed by atoms with Crippen LogP contribution in [0.15, 0.2) is 11.1 Å². The van der Waals surface area contributed by atoms with Gasteiger partial charge in [0, 0.05) is 22.4 Å². The summed E-state index contributed by atoms with van der Waals surface area (Å²) in [5.41, 5.74) is 4.04. The third-order valence-electron chi connectivity index (χ3n) is 3.63. The average molecular weight is 229 g/mol.